The van der Waals surface area contributed by atoms with Gasteiger partial charge < -0.3 is 9.47 Å². The van der Waals surface area contributed by atoms with Gasteiger partial charge in [0.05, 0.1) is 13.2 Å². The molecule has 0 radical (unpaired) electrons. The predicted molar refractivity (Wildman–Crippen MR) is 82.8 cm³/mol. The van der Waals surface area contributed by atoms with Gasteiger partial charge in [-0.3, -0.25) is 10.8 Å². The third kappa shape index (κ3) is 9.82. The molecule has 1 heterocycles. The standard InChI is InChI=1S/C16H30N2O2/c17-15-11-7-8-12-16(18)20-14-10-6-4-2-1-3-5-9-13-19-15/h17-18H,1-14H2. The smallest absolute Gasteiger partial charge is 0.180 e. The van der Waals surface area contributed by atoms with Gasteiger partial charge in [0.15, 0.2) is 11.8 Å². The quantitative estimate of drug-likeness (QED) is 0.678. The second kappa shape index (κ2) is 11.7. The zero-order chi connectivity index (χ0) is 14.5. The molecule has 1 fully saturated rings. The summed E-state index contributed by atoms with van der Waals surface area (Å²) in [4.78, 5) is 0. The molecule has 0 saturated carbocycles. The van der Waals surface area contributed by atoms with Gasteiger partial charge in [0.2, 0.25) is 0 Å². The average molecular weight is 282 g/mol. The van der Waals surface area contributed by atoms with Crippen LogP contribution < -0.4 is 0 Å². The van der Waals surface area contributed by atoms with Gasteiger partial charge in [-0.15, -0.1) is 0 Å². The zero-order valence-electron chi connectivity index (χ0n) is 12.7. The molecule has 0 aromatic rings. The Morgan fingerprint density at radius 3 is 1.25 bits per heavy atom. The molecular formula is C16H30N2O2. The second-order valence-corrected chi connectivity index (χ2v) is 5.58. The van der Waals surface area contributed by atoms with Gasteiger partial charge >= 0.3 is 0 Å². The molecule has 1 aliphatic heterocycles. The lowest BCUT2D eigenvalue weighted by atomic mass is 10.1. The van der Waals surface area contributed by atoms with Crippen LogP contribution in [-0.4, -0.2) is 25.0 Å². The van der Waals surface area contributed by atoms with Gasteiger partial charge in [0.1, 0.15) is 0 Å². The largest absolute Gasteiger partial charge is 0.481 e. The predicted octanol–water partition coefficient (Wildman–Crippen LogP) is 4.67. The van der Waals surface area contributed by atoms with Crippen LogP contribution in [0.1, 0.15) is 77.0 Å². The minimum Gasteiger partial charge on any atom is -0.481 e. The molecule has 1 saturated heterocycles. The van der Waals surface area contributed by atoms with Gasteiger partial charge in [-0.2, -0.15) is 0 Å². The molecule has 0 unspecified atom stereocenters. The zero-order valence-corrected chi connectivity index (χ0v) is 12.7. The van der Waals surface area contributed by atoms with Crippen molar-refractivity contribution >= 4 is 11.8 Å². The summed E-state index contributed by atoms with van der Waals surface area (Å²) in [5, 5.41) is 15.4. The van der Waals surface area contributed by atoms with Crippen molar-refractivity contribution in [2.75, 3.05) is 13.2 Å². The van der Waals surface area contributed by atoms with Gasteiger partial charge in [0, 0.05) is 12.8 Å². The third-order valence-corrected chi connectivity index (χ3v) is 3.65. The number of hydrogen-bond acceptors (Lipinski definition) is 4. The Bertz CT molecular complexity index is 252. The molecule has 2 N–H and O–H groups in total. The summed E-state index contributed by atoms with van der Waals surface area (Å²) < 4.78 is 10.8. The Labute approximate surface area is 123 Å². The lowest BCUT2D eigenvalue weighted by Crippen LogP contribution is -2.07. The Morgan fingerprint density at radius 2 is 0.850 bits per heavy atom. The molecular weight excluding hydrogens is 252 g/mol. The van der Waals surface area contributed by atoms with Gasteiger partial charge in [-0.25, -0.2) is 0 Å². The van der Waals surface area contributed by atoms with E-state index >= 15 is 0 Å². The van der Waals surface area contributed by atoms with Crippen molar-refractivity contribution in [3.05, 3.63) is 0 Å². The van der Waals surface area contributed by atoms with Crippen molar-refractivity contribution in [2.24, 2.45) is 0 Å². The third-order valence-electron chi connectivity index (χ3n) is 3.65. The minimum absolute atomic E-state index is 0.401. The van der Waals surface area contributed by atoms with E-state index in [0.29, 0.717) is 37.9 Å². The number of ether oxygens (including phenoxy) is 2. The van der Waals surface area contributed by atoms with Gasteiger partial charge in [-0.05, 0) is 25.7 Å². The van der Waals surface area contributed by atoms with E-state index in [1.807, 2.05) is 0 Å². The van der Waals surface area contributed by atoms with Crippen LogP contribution in [0, 0.1) is 10.8 Å². The maximum Gasteiger partial charge on any atom is 0.180 e. The molecule has 1 rings (SSSR count). The van der Waals surface area contributed by atoms with Crippen LogP contribution >= 0.6 is 0 Å². The normalized spacial score (nSPS) is 22.2. The number of rotatable bonds is 0. The molecule has 0 aliphatic carbocycles. The molecule has 0 aromatic heterocycles. The van der Waals surface area contributed by atoms with Crippen LogP contribution in [0.4, 0.5) is 0 Å². The number of nitrogens with one attached hydrogen (secondary N) is 2. The van der Waals surface area contributed by atoms with Gasteiger partial charge in [0.25, 0.3) is 0 Å². The molecule has 4 nitrogen and oxygen atoms in total. The van der Waals surface area contributed by atoms with E-state index < -0.39 is 0 Å². The first-order valence-corrected chi connectivity index (χ1v) is 8.19. The topological polar surface area (TPSA) is 66.2 Å². The van der Waals surface area contributed by atoms with Crippen molar-refractivity contribution in [1.82, 2.24) is 0 Å². The first-order chi connectivity index (χ1) is 9.79. The summed E-state index contributed by atoms with van der Waals surface area (Å²) in [6.07, 6.45) is 12.9. The van der Waals surface area contributed by atoms with Crippen LogP contribution in [0.15, 0.2) is 0 Å². The Kier molecular flexibility index (Phi) is 9.98. The molecule has 0 aromatic carbocycles. The fourth-order valence-electron chi connectivity index (χ4n) is 2.37. The van der Waals surface area contributed by atoms with Crippen LogP contribution in [0.2, 0.25) is 0 Å². The Hall–Kier alpha value is -1.06. The summed E-state index contributed by atoms with van der Waals surface area (Å²) in [5.74, 6) is 0.803. The second-order valence-electron chi connectivity index (χ2n) is 5.58. The van der Waals surface area contributed by atoms with Crippen molar-refractivity contribution in [1.29, 1.82) is 10.8 Å². The summed E-state index contributed by atoms with van der Waals surface area (Å²) in [7, 11) is 0. The average Bonchev–Trinajstić information content (AvgIpc) is 2.44. The molecule has 0 spiro atoms. The first-order valence-electron chi connectivity index (χ1n) is 8.19. The molecule has 0 amide bonds. The molecule has 0 bridgehead atoms. The van der Waals surface area contributed by atoms with Gasteiger partial charge in [-0.1, -0.05) is 38.5 Å². The lowest BCUT2D eigenvalue weighted by Gasteiger charge is -2.10. The highest BCUT2D eigenvalue weighted by atomic mass is 16.5. The fraction of sp³-hybridized carbons (Fsp3) is 0.875. The monoisotopic (exact) mass is 282 g/mol. The van der Waals surface area contributed by atoms with Crippen LogP contribution in [0.25, 0.3) is 0 Å². The van der Waals surface area contributed by atoms with Crippen LogP contribution in [0.5, 0.6) is 0 Å². The SMILES string of the molecule is N=C1CCCCC(=N)OCCCCCCCCCCO1. The summed E-state index contributed by atoms with van der Waals surface area (Å²) in [6, 6.07) is 0. The summed E-state index contributed by atoms with van der Waals surface area (Å²) >= 11 is 0. The van der Waals surface area contributed by atoms with E-state index in [1.165, 1.54) is 38.5 Å². The molecule has 4 heteroatoms. The highest BCUT2D eigenvalue weighted by Gasteiger charge is 2.02. The maximum absolute atomic E-state index is 7.70. The van der Waals surface area contributed by atoms with Crippen molar-refractivity contribution in [3.8, 4) is 0 Å². The van der Waals surface area contributed by atoms with Crippen molar-refractivity contribution < 1.29 is 9.47 Å². The van der Waals surface area contributed by atoms with E-state index in [4.69, 9.17) is 20.3 Å². The maximum atomic E-state index is 7.70. The molecule has 0 atom stereocenters. The highest BCUT2D eigenvalue weighted by Crippen LogP contribution is 2.10. The van der Waals surface area contributed by atoms with E-state index in [1.54, 1.807) is 0 Å². The lowest BCUT2D eigenvalue weighted by molar-refractivity contribution is 0.273. The van der Waals surface area contributed by atoms with E-state index in [9.17, 15) is 0 Å². The van der Waals surface area contributed by atoms with Crippen LogP contribution in [-0.2, 0) is 9.47 Å². The molecule has 116 valence electrons. The van der Waals surface area contributed by atoms with E-state index in [-0.39, 0.29) is 0 Å². The highest BCUT2D eigenvalue weighted by molar-refractivity contribution is 5.73. The molecule has 1 aliphatic rings. The summed E-state index contributed by atoms with van der Waals surface area (Å²) in [6.45, 7) is 1.38. The summed E-state index contributed by atoms with van der Waals surface area (Å²) in [5.41, 5.74) is 0. The van der Waals surface area contributed by atoms with Crippen molar-refractivity contribution in [2.45, 2.75) is 77.0 Å². The van der Waals surface area contributed by atoms with E-state index in [2.05, 4.69) is 0 Å². The first kappa shape index (κ1) is 17.0. The Balaban J connectivity index is 2.20. The molecule has 20 heavy (non-hydrogen) atoms. The van der Waals surface area contributed by atoms with Crippen LogP contribution in [0.3, 0.4) is 0 Å². The minimum atomic E-state index is 0.401. The van der Waals surface area contributed by atoms with Crippen molar-refractivity contribution in [3.63, 3.8) is 0 Å². The van der Waals surface area contributed by atoms with E-state index in [0.717, 1.165) is 25.7 Å². The Morgan fingerprint density at radius 1 is 0.500 bits per heavy atom. The fourth-order valence-corrected chi connectivity index (χ4v) is 2.37. The number of hydrogen-bond donors (Lipinski definition) is 2.